The van der Waals surface area contributed by atoms with E-state index >= 15 is 0 Å². The third-order valence-corrected chi connectivity index (χ3v) is 3.94. The molecule has 1 saturated carbocycles. The molecule has 17 heavy (non-hydrogen) atoms. The van der Waals surface area contributed by atoms with E-state index in [1.165, 1.54) is 39.2 Å². The Balaban J connectivity index is 1.97. The zero-order valence-corrected chi connectivity index (χ0v) is 10.6. The SMILES string of the molecule is C=C1C[C@@H](C2CCCCC2)O[C@@H](C(=O)OC)C1. The quantitative estimate of drug-likeness (QED) is 0.548. The number of hydrogen-bond donors (Lipinski definition) is 0. The second kappa shape index (κ2) is 5.67. The maximum atomic E-state index is 11.6. The second-order valence-electron chi connectivity index (χ2n) is 5.24. The van der Waals surface area contributed by atoms with Crippen LogP contribution in [0.25, 0.3) is 0 Å². The van der Waals surface area contributed by atoms with Crippen LogP contribution in [0.1, 0.15) is 44.9 Å². The van der Waals surface area contributed by atoms with E-state index in [1.807, 2.05) is 0 Å². The monoisotopic (exact) mass is 238 g/mol. The topological polar surface area (TPSA) is 35.5 Å². The van der Waals surface area contributed by atoms with Gasteiger partial charge in [-0.2, -0.15) is 0 Å². The summed E-state index contributed by atoms with van der Waals surface area (Å²) in [4.78, 5) is 11.6. The molecule has 0 spiro atoms. The molecule has 2 atom stereocenters. The lowest BCUT2D eigenvalue weighted by Crippen LogP contribution is -2.39. The minimum absolute atomic E-state index is 0.181. The largest absolute Gasteiger partial charge is 0.467 e. The van der Waals surface area contributed by atoms with Crippen LogP contribution in [0.15, 0.2) is 12.2 Å². The lowest BCUT2D eigenvalue weighted by atomic mass is 9.81. The molecule has 0 bridgehead atoms. The molecule has 1 aliphatic carbocycles. The molecule has 0 radical (unpaired) electrons. The first-order chi connectivity index (χ1) is 8.20. The molecule has 0 aromatic rings. The van der Waals surface area contributed by atoms with Crippen LogP contribution in [0.2, 0.25) is 0 Å². The van der Waals surface area contributed by atoms with Crippen LogP contribution in [-0.4, -0.2) is 25.3 Å². The Kier molecular flexibility index (Phi) is 4.21. The van der Waals surface area contributed by atoms with Crippen molar-refractivity contribution in [2.45, 2.75) is 57.2 Å². The molecule has 0 unspecified atom stereocenters. The van der Waals surface area contributed by atoms with Gasteiger partial charge in [0.2, 0.25) is 0 Å². The highest BCUT2D eigenvalue weighted by atomic mass is 16.6. The third kappa shape index (κ3) is 3.09. The zero-order chi connectivity index (χ0) is 12.3. The Morgan fingerprint density at radius 1 is 1.29 bits per heavy atom. The van der Waals surface area contributed by atoms with Crippen molar-refractivity contribution < 1.29 is 14.3 Å². The van der Waals surface area contributed by atoms with E-state index in [1.54, 1.807) is 0 Å². The van der Waals surface area contributed by atoms with Crippen molar-refractivity contribution in [2.24, 2.45) is 5.92 Å². The molecule has 0 aromatic heterocycles. The summed E-state index contributed by atoms with van der Waals surface area (Å²) in [5.74, 6) is 0.347. The summed E-state index contributed by atoms with van der Waals surface area (Å²) < 4.78 is 10.7. The average Bonchev–Trinajstić information content (AvgIpc) is 2.38. The van der Waals surface area contributed by atoms with Crippen LogP contribution in [0.5, 0.6) is 0 Å². The average molecular weight is 238 g/mol. The lowest BCUT2D eigenvalue weighted by molar-refractivity contribution is -0.163. The third-order valence-electron chi connectivity index (χ3n) is 3.94. The van der Waals surface area contributed by atoms with E-state index in [2.05, 4.69) is 6.58 Å². The summed E-state index contributed by atoms with van der Waals surface area (Å²) in [5.41, 5.74) is 1.13. The van der Waals surface area contributed by atoms with Gasteiger partial charge in [-0.15, -0.1) is 0 Å². The van der Waals surface area contributed by atoms with Gasteiger partial charge >= 0.3 is 5.97 Å². The molecular formula is C14H22O3. The first-order valence-electron chi connectivity index (χ1n) is 6.60. The Bertz CT molecular complexity index is 292. The van der Waals surface area contributed by atoms with Crippen LogP contribution in [0.3, 0.4) is 0 Å². The summed E-state index contributed by atoms with van der Waals surface area (Å²) in [6, 6.07) is 0. The minimum Gasteiger partial charge on any atom is -0.467 e. The smallest absolute Gasteiger partial charge is 0.335 e. The Hall–Kier alpha value is -0.830. The van der Waals surface area contributed by atoms with Gasteiger partial charge < -0.3 is 9.47 Å². The first-order valence-corrected chi connectivity index (χ1v) is 6.60. The molecule has 1 heterocycles. The summed E-state index contributed by atoms with van der Waals surface area (Å²) in [5, 5.41) is 0. The predicted octanol–water partition coefficient (Wildman–Crippen LogP) is 2.84. The molecule has 2 aliphatic rings. The molecule has 96 valence electrons. The number of hydrogen-bond acceptors (Lipinski definition) is 3. The molecule has 0 aromatic carbocycles. The van der Waals surface area contributed by atoms with E-state index in [9.17, 15) is 4.79 Å². The van der Waals surface area contributed by atoms with Gasteiger partial charge in [-0.25, -0.2) is 4.79 Å². The summed E-state index contributed by atoms with van der Waals surface area (Å²) in [6.45, 7) is 4.04. The maximum Gasteiger partial charge on any atom is 0.335 e. The Labute approximate surface area is 103 Å². The number of ether oxygens (including phenoxy) is 2. The summed E-state index contributed by atoms with van der Waals surface area (Å²) >= 11 is 0. The van der Waals surface area contributed by atoms with Gasteiger partial charge in [-0.05, 0) is 25.2 Å². The van der Waals surface area contributed by atoms with Crippen LogP contribution in [0.4, 0.5) is 0 Å². The normalized spacial score (nSPS) is 31.2. The molecule has 0 amide bonds. The standard InChI is InChI=1S/C14H22O3/c1-10-8-12(11-6-4-3-5-7-11)17-13(9-10)14(15)16-2/h11-13H,1,3-9H2,2H3/t12-,13+/m0/s1. The molecule has 1 aliphatic heterocycles. The lowest BCUT2D eigenvalue weighted by Gasteiger charge is -2.36. The minimum atomic E-state index is -0.423. The van der Waals surface area contributed by atoms with E-state index in [-0.39, 0.29) is 12.1 Å². The van der Waals surface area contributed by atoms with Gasteiger partial charge in [0, 0.05) is 6.42 Å². The molecule has 3 heteroatoms. The van der Waals surface area contributed by atoms with Gasteiger partial charge in [-0.3, -0.25) is 0 Å². The van der Waals surface area contributed by atoms with Gasteiger partial charge in [-0.1, -0.05) is 31.4 Å². The fourth-order valence-corrected chi connectivity index (χ4v) is 2.99. The van der Waals surface area contributed by atoms with E-state index in [0.29, 0.717) is 12.3 Å². The maximum absolute atomic E-state index is 11.6. The number of carbonyl (C=O) groups is 1. The number of methoxy groups -OCH3 is 1. The molecule has 2 fully saturated rings. The van der Waals surface area contributed by atoms with Crippen LogP contribution in [0, 0.1) is 5.92 Å². The van der Waals surface area contributed by atoms with Gasteiger partial charge in [0.15, 0.2) is 6.10 Å². The zero-order valence-electron chi connectivity index (χ0n) is 10.6. The molecular weight excluding hydrogens is 216 g/mol. The van der Waals surface area contributed by atoms with Crippen molar-refractivity contribution >= 4 is 5.97 Å². The molecule has 3 nitrogen and oxygen atoms in total. The molecule has 2 rings (SSSR count). The Morgan fingerprint density at radius 2 is 2.00 bits per heavy atom. The van der Waals surface area contributed by atoms with Crippen LogP contribution in [-0.2, 0) is 14.3 Å². The number of carbonyl (C=O) groups excluding carboxylic acids is 1. The van der Waals surface area contributed by atoms with Crippen molar-refractivity contribution in [3.8, 4) is 0 Å². The predicted molar refractivity (Wildman–Crippen MR) is 65.6 cm³/mol. The number of rotatable bonds is 2. The van der Waals surface area contributed by atoms with E-state index in [0.717, 1.165) is 12.0 Å². The fourth-order valence-electron chi connectivity index (χ4n) is 2.99. The van der Waals surface area contributed by atoms with Crippen molar-refractivity contribution in [3.05, 3.63) is 12.2 Å². The molecule has 0 N–H and O–H groups in total. The highest BCUT2D eigenvalue weighted by molar-refractivity contribution is 5.75. The second-order valence-corrected chi connectivity index (χ2v) is 5.24. The van der Waals surface area contributed by atoms with E-state index in [4.69, 9.17) is 9.47 Å². The van der Waals surface area contributed by atoms with Gasteiger partial charge in [0.1, 0.15) is 0 Å². The highest BCUT2D eigenvalue weighted by Crippen LogP contribution is 2.35. The van der Waals surface area contributed by atoms with Gasteiger partial charge in [0.25, 0.3) is 0 Å². The van der Waals surface area contributed by atoms with Crippen molar-refractivity contribution in [1.82, 2.24) is 0 Å². The van der Waals surface area contributed by atoms with Crippen LogP contribution >= 0.6 is 0 Å². The summed E-state index contributed by atoms with van der Waals surface area (Å²) in [7, 11) is 1.42. The van der Waals surface area contributed by atoms with Crippen molar-refractivity contribution in [3.63, 3.8) is 0 Å². The van der Waals surface area contributed by atoms with E-state index < -0.39 is 6.10 Å². The van der Waals surface area contributed by atoms with Gasteiger partial charge in [0.05, 0.1) is 13.2 Å². The van der Waals surface area contributed by atoms with Crippen LogP contribution < -0.4 is 0 Å². The van der Waals surface area contributed by atoms with Crippen molar-refractivity contribution in [2.75, 3.05) is 7.11 Å². The summed E-state index contributed by atoms with van der Waals surface area (Å²) in [6.07, 6.45) is 7.67. The highest BCUT2D eigenvalue weighted by Gasteiger charge is 2.34. The Morgan fingerprint density at radius 3 is 2.65 bits per heavy atom. The van der Waals surface area contributed by atoms with Crippen molar-refractivity contribution in [1.29, 1.82) is 0 Å². The molecule has 1 saturated heterocycles. The number of esters is 1. The first kappa shape index (κ1) is 12.6. The fraction of sp³-hybridized carbons (Fsp3) is 0.786.